The van der Waals surface area contributed by atoms with Crippen LogP contribution >= 0.6 is 0 Å². The number of carbonyl (C=O) groups excluding carboxylic acids is 1. The van der Waals surface area contributed by atoms with E-state index in [4.69, 9.17) is 10.2 Å². The molecule has 0 saturated heterocycles. The van der Waals surface area contributed by atoms with Crippen LogP contribution in [0.25, 0.3) is 0 Å². The molecule has 0 fully saturated rings. The summed E-state index contributed by atoms with van der Waals surface area (Å²) in [6, 6.07) is 0. The lowest BCUT2D eigenvalue weighted by Gasteiger charge is -1.95. The summed E-state index contributed by atoms with van der Waals surface area (Å²) in [5, 5.41) is 17.6. The third-order valence-corrected chi connectivity index (χ3v) is 0.812. The first-order valence-electron chi connectivity index (χ1n) is 2.77. The van der Waals surface area contributed by atoms with Gasteiger partial charge in [-0.3, -0.25) is 14.9 Å². The second kappa shape index (κ2) is 4.26. The van der Waals surface area contributed by atoms with E-state index in [-0.39, 0.29) is 12.8 Å². The van der Waals surface area contributed by atoms with E-state index >= 15 is 0 Å². The lowest BCUT2D eigenvalue weighted by atomic mass is 10.3. The number of aliphatic carboxylic acids is 1. The standard InChI is InChI=1S/C5H7NO5/c7-3(6-5(10)11)1-2-4(8)9/h1-2H2,(H,6,7)(H,8,9)(H,10,11). The molecule has 0 spiro atoms. The molecule has 3 N–H and O–H groups in total. The summed E-state index contributed by atoms with van der Waals surface area (Å²) < 4.78 is 0. The first kappa shape index (κ1) is 9.41. The van der Waals surface area contributed by atoms with Crippen molar-refractivity contribution >= 4 is 18.0 Å². The molecule has 0 aliphatic carbocycles. The Kier molecular flexibility index (Phi) is 3.65. The Morgan fingerprint density at radius 2 is 1.64 bits per heavy atom. The molecule has 0 aliphatic rings. The zero-order chi connectivity index (χ0) is 8.85. The molecule has 0 atom stereocenters. The van der Waals surface area contributed by atoms with Crippen molar-refractivity contribution in [3.05, 3.63) is 0 Å². The van der Waals surface area contributed by atoms with Gasteiger partial charge in [-0.1, -0.05) is 0 Å². The lowest BCUT2D eigenvalue weighted by molar-refractivity contribution is -0.138. The molecule has 0 aliphatic heterocycles. The fraction of sp³-hybridized carbons (Fsp3) is 0.400. The minimum absolute atomic E-state index is 0.318. The van der Waals surface area contributed by atoms with Crippen LogP contribution in [0.5, 0.6) is 0 Å². The predicted molar refractivity (Wildman–Crippen MR) is 33.0 cm³/mol. The summed E-state index contributed by atoms with van der Waals surface area (Å²) in [4.78, 5) is 30.0. The summed E-state index contributed by atoms with van der Waals surface area (Å²) in [6.07, 6.45) is -2.15. The Morgan fingerprint density at radius 1 is 1.09 bits per heavy atom. The number of hydrogen-bond donors (Lipinski definition) is 3. The van der Waals surface area contributed by atoms with Crippen LogP contribution in [0.15, 0.2) is 0 Å². The van der Waals surface area contributed by atoms with E-state index in [1.165, 1.54) is 5.32 Å². The smallest absolute Gasteiger partial charge is 0.411 e. The quantitative estimate of drug-likeness (QED) is 0.524. The molecule has 6 heteroatoms. The molecule has 0 aromatic heterocycles. The fourth-order valence-corrected chi connectivity index (χ4v) is 0.402. The van der Waals surface area contributed by atoms with Gasteiger partial charge in [0.25, 0.3) is 0 Å². The van der Waals surface area contributed by atoms with E-state index in [1.807, 2.05) is 0 Å². The van der Waals surface area contributed by atoms with Crippen LogP contribution in [0.2, 0.25) is 0 Å². The molecule has 0 heterocycles. The first-order chi connectivity index (χ1) is 5.02. The predicted octanol–water partition coefficient (Wildman–Crippen LogP) is -0.355. The lowest BCUT2D eigenvalue weighted by Crippen LogP contribution is -2.28. The molecule has 11 heavy (non-hydrogen) atoms. The third-order valence-electron chi connectivity index (χ3n) is 0.812. The van der Waals surface area contributed by atoms with E-state index in [0.717, 1.165) is 0 Å². The maximum absolute atomic E-state index is 10.4. The number of imide groups is 1. The Hall–Kier alpha value is -1.59. The van der Waals surface area contributed by atoms with Crippen LogP contribution in [-0.2, 0) is 9.59 Å². The van der Waals surface area contributed by atoms with Crippen molar-refractivity contribution in [3.8, 4) is 0 Å². The molecular weight excluding hydrogens is 154 g/mol. The molecule has 2 amide bonds. The topological polar surface area (TPSA) is 104 Å². The van der Waals surface area contributed by atoms with Crippen LogP contribution < -0.4 is 5.32 Å². The average Bonchev–Trinajstić information content (AvgIpc) is 1.82. The van der Waals surface area contributed by atoms with Crippen molar-refractivity contribution in [2.45, 2.75) is 12.8 Å². The number of carboxylic acids is 1. The van der Waals surface area contributed by atoms with E-state index in [2.05, 4.69) is 0 Å². The van der Waals surface area contributed by atoms with Gasteiger partial charge < -0.3 is 10.2 Å². The molecule has 0 saturated carbocycles. The van der Waals surface area contributed by atoms with Gasteiger partial charge in [-0.05, 0) is 0 Å². The maximum atomic E-state index is 10.4. The van der Waals surface area contributed by atoms with Gasteiger partial charge in [0, 0.05) is 6.42 Å². The van der Waals surface area contributed by atoms with E-state index < -0.39 is 18.0 Å². The van der Waals surface area contributed by atoms with Gasteiger partial charge in [0.1, 0.15) is 0 Å². The van der Waals surface area contributed by atoms with Gasteiger partial charge >= 0.3 is 12.1 Å². The Balaban J connectivity index is 3.53. The minimum atomic E-state index is -1.47. The number of carboxylic acid groups (broad SMARTS) is 2. The van der Waals surface area contributed by atoms with Gasteiger partial charge in [0.05, 0.1) is 6.42 Å². The van der Waals surface area contributed by atoms with Crippen molar-refractivity contribution in [1.29, 1.82) is 0 Å². The number of amides is 2. The molecule has 0 aromatic rings. The van der Waals surface area contributed by atoms with Crippen LogP contribution in [0.3, 0.4) is 0 Å². The van der Waals surface area contributed by atoms with Crippen LogP contribution in [-0.4, -0.2) is 28.2 Å². The number of rotatable bonds is 3. The van der Waals surface area contributed by atoms with Crippen molar-refractivity contribution < 1.29 is 24.6 Å². The van der Waals surface area contributed by atoms with Crippen LogP contribution in [0, 0.1) is 0 Å². The number of nitrogens with one attached hydrogen (secondary N) is 1. The second-order valence-corrected chi connectivity index (χ2v) is 1.75. The average molecular weight is 161 g/mol. The third kappa shape index (κ3) is 6.29. The van der Waals surface area contributed by atoms with Crippen molar-refractivity contribution in [2.24, 2.45) is 0 Å². The molecule has 0 rings (SSSR count). The van der Waals surface area contributed by atoms with Crippen LogP contribution in [0.4, 0.5) is 4.79 Å². The Morgan fingerprint density at radius 3 is 2.00 bits per heavy atom. The summed E-state index contributed by atoms with van der Waals surface area (Å²) >= 11 is 0. The Bertz CT molecular complexity index is 187. The van der Waals surface area contributed by atoms with E-state index in [0.29, 0.717) is 0 Å². The highest BCUT2D eigenvalue weighted by molar-refractivity contribution is 5.92. The van der Waals surface area contributed by atoms with E-state index in [9.17, 15) is 14.4 Å². The zero-order valence-corrected chi connectivity index (χ0v) is 5.53. The highest BCUT2D eigenvalue weighted by atomic mass is 16.4. The van der Waals surface area contributed by atoms with E-state index in [1.54, 1.807) is 0 Å². The molecule has 0 bridgehead atoms. The SMILES string of the molecule is O=C(O)CCC(=O)NC(=O)O. The first-order valence-corrected chi connectivity index (χ1v) is 2.77. The molecule has 6 nitrogen and oxygen atoms in total. The van der Waals surface area contributed by atoms with Crippen LogP contribution in [0.1, 0.15) is 12.8 Å². The van der Waals surface area contributed by atoms with Crippen molar-refractivity contribution in [3.63, 3.8) is 0 Å². The van der Waals surface area contributed by atoms with Gasteiger partial charge in [0.2, 0.25) is 5.91 Å². The molecule has 0 radical (unpaired) electrons. The van der Waals surface area contributed by atoms with Crippen molar-refractivity contribution in [2.75, 3.05) is 0 Å². The maximum Gasteiger partial charge on any atom is 0.411 e. The molecular formula is C5H7NO5. The largest absolute Gasteiger partial charge is 0.481 e. The highest BCUT2D eigenvalue weighted by Crippen LogP contribution is 1.87. The molecule has 62 valence electrons. The monoisotopic (exact) mass is 161 g/mol. The second-order valence-electron chi connectivity index (χ2n) is 1.75. The highest BCUT2D eigenvalue weighted by Gasteiger charge is 2.07. The van der Waals surface area contributed by atoms with Gasteiger partial charge in [-0.25, -0.2) is 4.79 Å². The molecule has 0 unspecified atom stereocenters. The summed E-state index contributed by atoms with van der Waals surface area (Å²) in [5.41, 5.74) is 0. The fourth-order valence-electron chi connectivity index (χ4n) is 0.402. The minimum Gasteiger partial charge on any atom is -0.481 e. The van der Waals surface area contributed by atoms with Crippen molar-refractivity contribution in [1.82, 2.24) is 5.32 Å². The summed E-state index contributed by atoms with van der Waals surface area (Å²) in [7, 11) is 0. The summed E-state index contributed by atoms with van der Waals surface area (Å²) in [5.74, 6) is -1.94. The van der Waals surface area contributed by atoms with Gasteiger partial charge in [-0.2, -0.15) is 0 Å². The summed E-state index contributed by atoms with van der Waals surface area (Å²) in [6.45, 7) is 0. The van der Waals surface area contributed by atoms with Gasteiger partial charge in [0.15, 0.2) is 0 Å². The number of hydrogen-bond acceptors (Lipinski definition) is 3. The normalized spacial score (nSPS) is 8.73. The van der Waals surface area contributed by atoms with Gasteiger partial charge in [-0.15, -0.1) is 0 Å². The number of carbonyl (C=O) groups is 3. The zero-order valence-electron chi connectivity index (χ0n) is 5.53. The Labute approximate surface area is 61.8 Å². The molecule has 0 aromatic carbocycles.